The van der Waals surface area contributed by atoms with Crippen LogP contribution in [0.15, 0.2) is 18.2 Å². The van der Waals surface area contributed by atoms with Gasteiger partial charge in [0.15, 0.2) is 0 Å². The Morgan fingerprint density at radius 2 is 2.06 bits per heavy atom. The average Bonchev–Trinajstić information content (AvgIpc) is 2.15. The molecule has 1 rings (SSSR count). The van der Waals surface area contributed by atoms with Crippen molar-refractivity contribution in [2.24, 2.45) is 0 Å². The first-order chi connectivity index (χ1) is 7.90. The summed E-state index contributed by atoms with van der Waals surface area (Å²) in [7, 11) is 0. The predicted octanol–water partition coefficient (Wildman–Crippen LogP) is 1.62. The number of nitrogens with one attached hydrogen (secondary N) is 1. The molecular weight excluding hydrogens is 232 g/mol. The highest BCUT2D eigenvalue weighted by atomic mass is 19.1. The first-order valence-corrected chi connectivity index (χ1v) is 4.86. The molecule has 1 unspecified atom stereocenters. The summed E-state index contributed by atoms with van der Waals surface area (Å²) in [6.07, 6.45) is -0.687. The summed E-state index contributed by atoms with van der Waals surface area (Å²) in [5.41, 5.74) is 0.102. The summed E-state index contributed by atoms with van der Waals surface area (Å²) >= 11 is 0. The predicted molar refractivity (Wildman–Crippen MR) is 55.2 cm³/mol. The van der Waals surface area contributed by atoms with Crippen molar-refractivity contribution in [3.8, 4) is 0 Å². The van der Waals surface area contributed by atoms with Gasteiger partial charge in [0.05, 0.1) is 6.04 Å². The second-order valence-corrected chi connectivity index (χ2v) is 3.53. The van der Waals surface area contributed by atoms with Gasteiger partial charge in [-0.05, 0) is 13.0 Å². The van der Waals surface area contributed by atoms with Gasteiger partial charge in [0.25, 0.3) is 0 Å². The third kappa shape index (κ3) is 3.82. The van der Waals surface area contributed by atoms with E-state index >= 15 is 0 Å². The standard InChI is InChI=1S/C11H11F2NO3/c1-6(14-10(15)5-11(16)17)8-3-2-7(12)4-9(8)13/h2-4,6H,5H2,1H3,(H,14,15)(H,16,17). The fraction of sp³-hybridized carbons (Fsp3) is 0.273. The van der Waals surface area contributed by atoms with E-state index in [0.29, 0.717) is 6.07 Å². The Hall–Kier alpha value is -1.98. The maximum Gasteiger partial charge on any atom is 0.312 e. The smallest absolute Gasteiger partial charge is 0.312 e. The molecule has 0 fully saturated rings. The highest BCUT2D eigenvalue weighted by Crippen LogP contribution is 2.17. The van der Waals surface area contributed by atoms with Crippen molar-refractivity contribution < 1.29 is 23.5 Å². The zero-order chi connectivity index (χ0) is 13.0. The van der Waals surface area contributed by atoms with Gasteiger partial charge in [0.2, 0.25) is 5.91 Å². The van der Waals surface area contributed by atoms with E-state index in [4.69, 9.17) is 5.11 Å². The van der Waals surface area contributed by atoms with Crippen LogP contribution in [-0.2, 0) is 9.59 Å². The van der Waals surface area contributed by atoms with Crippen molar-refractivity contribution in [2.75, 3.05) is 0 Å². The normalized spacial score (nSPS) is 11.9. The van der Waals surface area contributed by atoms with Crippen LogP contribution in [0.3, 0.4) is 0 Å². The molecule has 0 saturated carbocycles. The Morgan fingerprint density at radius 3 is 2.59 bits per heavy atom. The van der Waals surface area contributed by atoms with Crippen LogP contribution in [0.1, 0.15) is 24.9 Å². The number of carbonyl (C=O) groups is 2. The summed E-state index contributed by atoms with van der Waals surface area (Å²) in [4.78, 5) is 21.4. The van der Waals surface area contributed by atoms with E-state index in [2.05, 4.69) is 5.32 Å². The highest BCUT2D eigenvalue weighted by Gasteiger charge is 2.15. The first-order valence-electron chi connectivity index (χ1n) is 4.86. The van der Waals surface area contributed by atoms with Crippen molar-refractivity contribution in [1.29, 1.82) is 0 Å². The van der Waals surface area contributed by atoms with Crippen LogP contribution in [0.5, 0.6) is 0 Å². The number of carboxylic acid groups (broad SMARTS) is 1. The Kier molecular flexibility index (Phi) is 4.14. The topological polar surface area (TPSA) is 66.4 Å². The van der Waals surface area contributed by atoms with Crippen molar-refractivity contribution in [2.45, 2.75) is 19.4 Å². The molecule has 92 valence electrons. The third-order valence-electron chi connectivity index (χ3n) is 2.12. The quantitative estimate of drug-likeness (QED) is 0.789. The molecule has 0 bridgehead atoms. The lowest BCUT2D eigenvalue weighted by Gasteiger charge is -2.14. The molecule has 0 aliphatic carbocycles. The van der Waals surface area contributed by atoms with Crippen molar-refractivity contribution >= 4 is 11.9 Å². The fourth-order valence-electron chi connectivity index (χ4n) is 1.36. The van der Waals surface area contributed by atoms with Gasteiger partial charge in [-0.15, -0.1) is 0 Å². The lowest BCUT2D eigenvalue weighted by molar-refractivity contribution is -0.140. The van der Waals surface area contributed by atoms with E-state index in [-0.39, 0.29) is 5.56 Å². The lowest BCUT2D eigenvalue weighted by atomic mass is 10.1. The fourth-order valence-corrected chi connectivity index (χ4v) is 1.36. The van der Waals surface area contributed by atoms with Crippen molar-refractivity contribution in [3.63, 3.8) is 0 Å². The number of halogens is 2. The summed E-state index contributed by atoms with van der Waals surface area (Å²) in [5.74, 6) is -3.49. The molecule has 1 amide bonds. The van der Waals surface area contributed by atoms with E-state index in [9.17, 15) is 18.4 Å². The molecular formula is C11H11F2NO3. The Morgan fingerprint density at radius 1 is 1.41 bits per heavy atom. The molecule has 17 heavy (non-hydrogen) atoms. The minimum Gasteiger partial charge on any atom is -0.481 e. The molecule has 4 nitrogen and oxygen atoms in total. The highest BCUT2D eigenvalue weighted by molar-refractivity contribution is 5.93. The molecule has 0 saturated heterocycles. The van der Waals surface area contributed by atoms with Crippen molar-refractivity contribution in [3.05, 3.63) is 35.4 Å². The molecule has 0 spiro atoms. The number of hydrogen-bond acceptors (Lipinski definition) is 2. The number of carbonyl (C=O) groups excluding carboxylic acids is 1. The van der Waals surface area contributed by atoms with Gasteiger partial charge < -0.3 is 10.4 Å². The molecule has 1 aromatic rings. The zero-order valence-corrected chi connectivity index (χ0v) is 9.04. The number of amides is 1. The van der Waals surface area contributed by atoms with Crippen LogP contribution in [0.25, 0.3) is 0 Å². The first kappa shape index (κ1) is 13.1. The molecule has 1 aromatic carbocycles. The van der Waals surface area contributed by atoms with E-state index in [1.54, 1.807) is 0 Å². The monoisotopic (exact) mass is 243 g/mol. The summed E-state index contributed by atoms with van der Waals surface area (Å²) < 4.78 is 25.9. The molecule has 0 radical (unpaired) electrons. The minimum absolute atomic E-state index is 0.102. The largest absolute Gasteiger partial charge is 0.481 e. The Bertz CT molecular complexity index is 448. The van der Waals surface area contributed by atoms with Crippen LogP contribution in [0.4, 0.5) is 8.78 Å². The number of rotatable bonds is 4. The number of carboxylic acids is 1. The van der Waals surface area contributed by atoms with Gasteiger partial charge in [-0.1, -0.05) is 6.07 Å². The van der Waals surface area contributed by atoms with E-state index in [0.717, 1.165) is 6.07 Å². The SMILES string of the molecule is CC(NC(=O)CC(=O)O)c1ccc(F)cc1F. The van der Waals surface area contributed by atoms with Crippen LogP contribution < -0.4 is 5.32 Å². The van der Waals surface area contributed by atoms with E-state index in [1.165, 1.54) is 13.0 Å². The van der Waals surface area contributed by atoms with Gasteiger partial charge in [0, 0.05) is 11.6 Å². The van der Waals surface area contributed by atoms with Gasteiger partial charge in [0.1, 0.15) is 18.1 Å². The number of aliphatic carboxylic acids is 1. The zero-order valence-electron chi connectivity index (χ0n) is 9.04. The van der Waals surface area contributed by atoms with Gasteiger partial charge in [-0.2, -0.15) is 0 Å². The van der Waals surface area contributed by atoms with Gasteiger partial charge >= 0.3 is 5.97 Å². The molecule has 1 atom stereocenters. The molecule has 0 aromatic heterocycles. The van der Waals surface area contributed by atoms with Crippen LogP contribution in [0.2, 0.25) is 0 Å². The maximum absolute atomic E-state index is 13.3. The maximum atomic E-state index is 13.3. The van der Waals surface area contributed by atoms with E-state index < -0.39 is 36.0 Å². The van der Waals surface area contributed by atoms with Crippen LogP contribution >= 0.6 is 0 Å². The minimum atomic E-state index is -1.27. The van der Waals surface area contributed by atoms with Gasteiger partial charge in [-0.25, -0.2) is 8.78 Å². The van der Waals surface area contributed by atoms with Crippen molar-refractivity contribution in [1.82, 2.24) is 5.32 Å². The number of hydrogen-bond donors (Lipinski definition) is 2. The number of benzene rings is 1. The summed E-state index contributed by atoms with van der Waals surface area (Å²) in [6, 6.07) is 2.26. The molecule has 0 aliphatic rings. The average molecular weight is 243 g/mol. The summed E-state index contributed by atoms with van der Waals surface area (Å²) in [5, 5.41) is 10.7. The lowest BCUT2D eigenvalue weighted by Crippen LogP contribution is -2.28. The van der Waals surface area contributed by atoms with E-state index in [1.807, 2.05) is 0 Å². The van der Waals surface area contributed by atoms with Crippen LogP contribution in [0, 0.1) is 11.6 Å². The Labute approximate surface area is 96.3 Å². The van der Waals surface area contributed by atoms with Gasteiger partial charge in [-0.3, -0.25) is 9.59 Å². The molecule has 2 N–H and O–H groups in total. The van der Waals surface area contributed by atoms with Crippen LogP contribution in [-0.4, -0.2) is 17.0 Å². The second-order valence-electron chi connectivity index (χ2n) is 3.53. The third-order valence-corrected chi connectivity index (χ3v) is 2.12. The summed E-state index contributed by atoms with van der Waals surface area (Å²) in [6.45, 7) is 1.48. The Balaban J connectivity index is 2.73. The second kappa shape index (κ2) is 5.38. The molecule has 6 heteroatoms. The molecule has 0 aliphatic heterocycles. The molecule has 0 heterocycles.